The minimum Gasteiger partial charge on any atom is -0.390 e. The van der Waals surface area contributed by atoms with E-state index in [1.54, 1.807) is 6.20 Å². The number of aryl methyl sites for hydroxylation is 1. The average molecular weight is 473 g/mol. The Balaban J connectivity index is 1.24. The Morgan fingerprint density at radius 1 is 1.20 bits per heavy atom. The second kappa shape index (κ2) is 10.2. The van der Waals surface area contributed by atoms with Crippen LogP contribution < -0.4 is 15.1 Å². The summed E-state index contributed by atoms with van der Waals surface area (Å²) in [6, 6.07) is 14.6. The lowest BCUT2D eigenvalue weighted by Crippen LogP contribution is -2.51. The number of nitriles is 1. The first-order valence-corrected chi connectivity index (χ1v) is 12.3. The SMILES string of the molecule is Cc1cc(N2CC[C@@H](NC[C@H]3CN(c4ccc(C#N)c5ncccc45)C[C@@H](C)O3)C2)cc(CO)n1. The molecule has 2 fully saturated rings. The number of hydrogen-bond donors (Lipinski definition) is 2. The van der Waals surface area contributed by atoms with E-state index >= 15 is 0 Å². The molecule has 2 saturated heterocycles. The van der Waals surface area contributed by atoms with E-state index in [0.717, 1.165) is 67.1 Å². The van der Waals surface area contributed by atoms with Crippen LogP contribution in [0.5, 0.6) is 0 Å². The quantitative estimate of drug-likeness (QED) is 0.565. The molecular formula is C27H32N6O2. The van der Waals surface area contributed by atoms with Crippen molar-refractivity contribution in [1.82, 2.24) is 15.3 Å². The predicted molar refractivity (Wildman–Crippen MR) is 137 cm³/mol. The van der Waals surface area contributed by atoms with E-state index in [-0.39, 0.29) is 18.8 Å². The van der Waals surface area contributed by atoms with E-state index in [4.69, 9.17) is 4.74 Å². The van der Waals surface area contributed by atoms with Crippen LogP contribution in [0.1, 0.15) is 30.3 Å². The van der Waals surface area contributed by atoms with Crippen molar-refractivity contribution in [3.8, 4) is 6.07 Å². The molecule has 0 amide bonds. The summed E-state index contributed by atoms with van der Waals surface area (Å²) in [4.78, 5) is 13.6. The largest absolute Gasteiger partial charge is 0.390 e. The Morgan fingerprint density at radius 3 is 2.91 bits per heavy atom. The van der Waals surface area contributed by atoms with Gasteiger partial charge in [0.05, 0.1) is 35.6 Å². The Hall–Kier alpha value is -3.25. The number of rotatable bonds is 6. The molecule has 3 atom stereocenters. The molecule has 3 aromatic rings. The van der Waals surface area contributed by atoms with Gasteiger partial charge in [-0.05, 0) is 56.7 Å². The molecule has 0 unspecified atom stereocenters. The van der Waals surface area contributed by atoms with Gasteiger partial charge < -0.3 is 25.0 Å². The zero-order chi connectivity index (χ0) is 24.4. The summed E-state index contributed by atoms with van der Waals surface area (Å²) in [5.74, 6) is 0. The first-order chi connectivity index (χ1) is 17.0. The number of aliphatic hydroxyl groups is 1. The summed E-state index contributed by atoms with van der Waals surface area (Å²) in [5.41, 5.74) is 5.23. The molecule has 2 N–H and O–H groups in total. The maximum Gasteiger partial charge on any atom is 0.101 e. The number of nitrogens with one attached hydrogen (secondary N) is 1. The molecule has 0 spiro atoms. The van der Waals surface area contributed by atoms with Crippen LogP contribution in [-0.4, -0.2) is 66.0 Å². The van der Waals surface area contributed by atoms with E-state index in [9.17, 15) is 10.4 Å². The number of aromatic nitrogens is 2. The first kappa shape index (κ1) is 23.5. The van der Waals surface area contributed by atoms with Gasteiger partial charge >= 0.3 is 0 Å². The van der Waals surface area contributed by atoms with Gasteiger partial charge in [0.1, 0.15) is 6.07 Å². The molecule has 0 radical (unpaired) electrons. The van der Waals surface area contributed by atoms with Crippen LogP contribution in [0.2, 0.25) is 0 Å². The van der Waals surface area contributed by atoms with Crippen LogP contribution in [0, 0.1) is 18.3 Å². The zero-order valence-electron chi connectivity index (χ0n) is 20.3. The molecule has 0 aliphatic carbocycles. The Kier molecular flexibility index (Phi) is 6.82. The number of anilines is 2. The van der Waals surface area contributed by atoms with Crippen molar-refractivity contribution in [2.24, 2.45) is 0 Å². The minimum absolute atomic E-state index is 0.0392. The standard InChI is InChI=1S/C27H32N6O2/c1-18-10-23(11-22(17-34)31-18)32-9-7-21(15-32)30-13-24-16-33(14-19(2)35-24)26-6-5-20(12-28)27-25(26)4-3-8-29-27/h3-6,8,10-11,19,21,24,30,34H,7,9,13-17H2,1-2H3/t19-,21-,24+/m1/s1. The summed E-state index contributed by atoms with van der Waals surface area (Å²) >= 11 is 0. The summed E-state index contributed by atoms with van der Waals surface area (Å²) in [6.45, 7) is 8.31. The number of nitrogens with zero attached hydrogens (tertiary/aromatic N) is 5. The molecule has 2 aliphatic rings. The normalized spacial score (nSPS) is 22.5. The lowest BCUT2D eigenvalue weighted by molar-refractivity contribution is -0.0155. The molecule has 2 aliphatic heterocycles. The number of fused-ring (bicyclic) bond motifs is 1. The third-order valence-electron chi connectivity index (χ3n) is 6.87. The fourth-order valence-electron chi connectivity index (χ4n) is 5.32. The molecular weight excluding hydrogens is 440 g/mol. The molecule has 1 aromatic carbocycles. The second-order valence-corrected chi connectivity index (χ2v) is 9.57. The van der Waals surface area contributed by atoms with Crippen LogP contribution in [-0.2, 0) is 11.3 Å². The van der Waals surface area contributed by atoms with Gasteiger partial charge in [-0.25, -0.2) is 0 Å². The van der Waals surface area contributed by atoms with E-state index in [2.05, 4.69) is 44.1 Å². The van der Waals surface area contributed by atoms with Crippen molar-refractivity contribution < 1.29 is 9.84 Å². The van der Waals surface area contributed by atoms with Crippen molar-refractivity contribution in [1.29, 1.82) is 5.26 Å². The third-order valence-corrected chi connectivity index (χ3v) is 6.87. The highest BCUT2D eigenvalue weighted by atomic mass is 16.5. The molecule has 2 aromatic heterocycles. The lowest BCUT2D eigenvalue weighted by atomic mass is 10.1. The summed E-state index contributed by atoms with van der Waals surface area (Å²) in [6.07, 6.45) is 2.98. The van der Waals surface area contributed by atoms with Gasteiger partial charge in [0.2, 0.25) is 0 Å². The third kappa shape index (κ3) is 5.08. The fourth-order valence-corrected chi connectivity index (χ4v) is 5.32. The van der Waals surface area contributed by atoms with Crippen molar-refractivity contribution in [2.45, 2.75) is 45.1 Å². The van der Waals surface area contributed by atoms with Crippen LogP contribution in [0.25, 0.3) is 10.9 Å². The summed E-state index contributed by atoms with van der Waals surface area (Å²) < 4.78 is 6.29. The zero-order valence-corrected chi connectivity index (χ0v) is 20.3. The number of ether oxygens (including phenoxy) is 1. The van der Waals surface area contributed by atoms with E-state index < -0.39 is 0 Å². The van der Waals surface area contributed by atoms with Crippen LogP contribution in [0.3, 0.4) is 0 Å². The van der Waals surface area contributed by atoms with Gasteiger partial charge in [0, 0.05) is 67.4 Å². The average Bonchev–Trinajstić information content (AvgIpc) is 3.35. The number of morpholine rings is 1. The maximum atomic E-state index is 9.49. The second-order valence-electron chi connectivity index (χ2n) is 9.57. The molecule has 182 valence electrons. The molecule has 4 heterocycles. The van der Waals surface area contributed by atoms with Gasteiger partial charge in [0.25, 0.3) is 0 Å². The molecule has 0 saturated carbocycles. The Labute approximate surface area is 206 Å². The van der Waals surface area contributed by atoms with E-state index in [1.807, 2.05) is 37.3 Å². The topological polar surface area (TPSA) is 97.5 Å². The molecule has 8 heteroatoms. The van der Waals surface area contributed by atoms with Crippen molar-refractivity contribution in [3.05, 3.63) is 59.5 Å². The fraction of sp³-hybridized carbons (Fsp3) is 0.444. The van der Waals surface area contributed by atoms with Gasteiger partial charge in [-0.1, -0.05) is 0 Å². The molecule has 5 rings (SSSR count). The number of hydrogen-bond acceptors (Lipinski definition) is 8. The van der Waals surface area contributed by atoms with Gasteiger partial charge in [-0.15, -0.1) is 0 Å². The van der Waals surface area contributed by atoms with Crippen LogP contribution in [0.4, 0.5) is 11.4 Å². The van der Waals surface area contributed by atoms with Crippen molar-refractivity contribution >= 4 is 22.3 Å². The van der Waals surface area contributed by atoms with Gasteiger partial charge in [-0.2, -0.15) is 5.26 Å². The lowest BCUT2D eigenvalue weighted by Gasteiger charge is -2.39. The number of aliphatic hydroxyl groups excluding tert-OH is 1. The predicted octanol–water partition coefficient (Wildman–Crippen LogP) is 2.76. The van der Waals surface area contributed by atoms with Gasteiger partial charge in [-0.3, -0.25) is 9.97 Å². The van der Waals surface area contributed by atoms with Gasteiger partial charge in [0.15, 0.2) is 0 Å². The number of benzene rings is 1. The molecule has 35 heavy (non-hydrogen) atoms. The van der Waals surface area contributed by atoms with Crippen molar-refractivity contribution in [3.63, 3.8) is 0 Å². The van der Waals surface area contributed by atoms with Crippen LogP contribution in [0.15, 0.2) is 42.6 Å². The highest BCUT2D eigenvalue weighted by molar-refractivity contribution is 5.95. The van der Waals surface area contributed by atoms with Crippen molar-refractivity contribution in [2.75, 3.05) is 42.5 Å². The number of pyridine rings is 2. The highest BCUT2D eigenvalue weighted by Crippen LogP contribution is 2.30. The minimum atomic E-state index is -0.0392. The monoisotopic (exact) mass is 472 g/mol. The van der Waals surface area contributed by atoms with E-state index in [0.29, 0.717) is 17.3 Å². The molecule has 0 bridgehead atoms. The highest BCUT2D eigenvalue weighted by Gasteiger charge is 2.29. The van der Waals surface area contributed by atoms with Crippen LogP contribution >= 0.6 is 0 Å². The smallest absolute Gasteiger partial charge is 0.101 e. The molecule has 8 nitrogen and oxygen atoms in total. The van der Waals surface area contributed by atoms with E-state index in [1.165, 1.54) is 0 Å². The summed E-state index contributed by atoms with van der Waals surface area (Å²) in [7, 11) is 0. The maximum absolute atomic E-state index is 9.49. The Bertz CT molecular complexity index is 1240. The Morgan fingerprint density at radius 2 is 2.09 bits per heavy atom. The summed E-state index contributed by atoms with van der Waals surface area (Å²) in [5, 5.41) is 23.7. The first-order valence-electron chi connectivity index (χ1n) is 12.3.